The lowest BCUT2D eigenvalue weighted by molar-refractivity contribution is -0.0313. The predicted molar refractivity (Wildman–Crippen MR) is 39.0 cm³/mol. The van der Waals surface area contributed by atoms with Gasteiger partial charge >= 0.3 is 0 Å². The van der Waals surface area contributed by atoms with E-state index in [-0.39, 0.29) is 18.8 Å². The molecule has 2 unspecified atom stereocenters. The van der Waals surface area contributed by atoms with Crippen LogP contribution in [0.1, 0.15) is 13.8 Å². The molecular weight excluding hydrogens is 132 g/mol. The van der Waals surface area contributed by atoms with Gasteiger partial charge in [-0.1, -0.05) is 0 Å². The lowest BCUT2D eigenvalue weighted by atomic mass is 10.4. The van der Waals surface area contributed by atoms with Gasteiger partial charge in [-0.05, 0) is 13.8 Å². The van der Waals surface area contributed by atoms with Gasteiger partial charge in [0.25, 0.3) is 0 Å². The van der Waals surface area contributed by atoms with Gasteiger partial charge in [0.15, 0.2) is 0 Å². The van der Waals surface area contributed by atoms with Gasteiger partial charge in [0, 0.05) is 7.11 Å². The Morgan fingerprint density at radius 2 is 1.90 bits per heavy atom. The van der Waals surface area contributed by atoms with Crippen LogP contribution in [0.4, 0.5) is 0 Å². The van der Waals surface area contributed by atoms with E-state index >= 15 is 0 Å². The van der Waals surface area contributed by atoms with Crippen molar-refractivity contribution in [2.75, 3.05) is 20.3 Å². The molecule has 0 aliphatic carbocycles. The first-order chi connectivity index (χ1) is 4.70. The molecule has 0 aromatic heterocycles. The zero-order valence-corrected chi connectivity index (χ0v) is 6.83. The second kappa shape index (κ2) is 5.65. The van der Waals surface area contributed by atoms with Crippen molar-refractivity contribution in [3.8, 4) is 0 Å². The molecule has 3 nitrogen and oxygen atoms in total. The van der Waals surface area contributed by atoms with E-state index in [9.17, 15) is 0 Å². The van der Waals surface area contributed by atoms with Crippen LogP contribution in [-0.2, 0) is 9.47 Å². The Hall–Kier alpha value is -0.120. The first kappa shape index (κ1) is 9.88. The van der Waals surface area contributed by atoms with Crippen LogP contribution in [0.2, 0.25) is 0 Å². The van der Waals surface area contributed by atoms with Crippen LogP contribution in [0.25, 0.3) is 0 Å². The molecule has 0 radical (unpaired) electrons. The summed E-state index contributed by atoms with van der Waals surface area (Å²) in [6.45, 7) is 4.35. The maximum Gasteiger partial charge on any atom is 0.0779 e. The monoisotopic (exact) mass is 148 g/mol. The van der Waals surface area contributed by atoms with Crippen LogP contribution in [0.3, 0.4) is 0 Å². The molecule has 0 aromatic carbocycles. The summed E-state index contributed by atoms with van der Waals surface area (Å²) >= 11 is 0. The van der Waals surface area contributed by atoms with E-state index in [2.05, 4.69) is 0 Å². The molecule has 0 aromatic rings. The highest BCUT2D eigenvalue weighted by molar-refractivity contribution is 4.49. The van der Waals surface area contributed by atoms with Crippen molar-refractivity contribution < 1.29 is 14.6 Å². The molecule has 1 N–H and O–H groups in total. The molecular formula is C7H16O3. The smallest absolute Gasteiger partial charge is 0.0779 e. The van der Waals surface area contributed by atoms with Crippen molar-refractivity contribution in [2.24, 2.45) is 0 Å². The summed E-state index contributed by atoms with van der Waals surface area (Å²) in [7, 11) is 1.64. The first-order valence-electron chi connectivity index (χ1n) is 3.46. The number of aliphatic hydroxyl groups is 1. The van der Waals surface area contributed by atoms with Gasteiger partial charge in [0.1, 0.15) is 0 Å². The summed E-state index contributed by atoms with van der Waals surface area (Å²) in [6, 6.07) is 0. The van der Waals surface area contributed by atoms with E-state index in [1.807, 2.05) is 13.8 Å². The lowest BCUT2D eigenvalue weighted by Crippen LogP contribution is -2.21. The van der Waals surface area contributed by atoms with E-state index in [0.29, 0.717) is 6.61 Å². The molecule has 0 saturated carbocycles. The summed E-state index contributed by atoms with van der Waals surface area (Å²) in [6.07, 6.45) is 0.0200. The van der Waals surface area contributed by atoms with Crippen molar-refractivity contribution in [1.82, 2.24) is 0 Å². The molecule has 0 aliphatic heterocycles. The SMILES string of the molecule is COC(C)COC(C)CO. The summed E-state index contributed by atoms with van der Waals surface area (Å²) in [5.41, 5.74) is 0. The molecule has 3 heteroatoms. The van der Waals surface area contributed by atoms with Crippen molar-refractivity contribution >= 4 is 0 Å². The normalized spacial score (nSPS) is 16.8. The first-order valence-corrected chi connectivity index (χ1v) is 3.46. The second-order valence-electron chi connectivity index (χ2n) is 2.37. The zero-order chi connectivity index (χ0) is 7.98. The molecule has 0 spiro atoms. The summed E-state index contributed by atoms with van der Waals surface area (Å²) in [5.74, 6) is 0. The van der Waals surface area contributed by atoms with Crippen LogP contribution in [-0.4, -0.2) is 37.6 Å². The third-order valence-electron chi connectivity index (χ3n) is 1.27. The fourth-order valence-electron chi connectivity index (χ4n) is 0.421. The van der Waals surface area contributed by atoms with Gasteiger partial charge < -0.3 is 14.6 Å². The summed E-state index contributed by atoms with van der Waals surface area (Å²) < 4.78 is 10.1. The van der Waals surface area contributed by atoms with Crippen LogP contribution >= 0.6 is 0 Å². The molecule has 62 valence electrons. The summed E-state index contributed by atoms with van der Waals surface area (Å²) in [4.78, 5) is 0. The predicted octanol–water partition coefficient (Wildman–Crippen LogP) is 0.419. The third kappa shape index (κ3) is 4.73. The van der Waals surface area contributed by atoms with Crippen LogP contribution in [0, 0.1) is 0 Å². The topological polar surface area (TPSA) is 38.7 Å². The number of ether oxygens (including phenoxy) is 2. The van der Waals surface area contributed by atoms with Crippen molar-refractivity contribution in [3.05, 3.63) is 0 Å². The fourth-order valence-corrected chi connectivity index (χ4v) is 0.421. The lowest BCUT2D eigenvalue weighted by Gasteiger charge is -2.13. The largest absolute Gasteiger partial charge is 0.394 e. The maximum atomic E-state index is 8.55. The Labute approximate surface area is 62.0 Å². The van der Waals surface area contributed by atoms with E-state index in [1.54, 1.807) is 7.11 Å². The molecule has 0 fully saturated rings. The number of methoxy groups -OCH3 is 1. The van der Waals surface area contributed by atoms with Crippen LogP contribution < -0.4 is 0 Å². The average Bonchev–Trinajstić information content (AvgIpc) is 1.99. The molecule has 10 heavy (non-hydrogen) atoms. The van der Waals surface area contributed by atoms with Crippen LogP contribution in [0.15, 0.2) is 0 Å². The maximum absolute atomic E-state index is 8.55. The Bertz CT molecular complexity index is 65.3. The minimum Gasteiger partial charge on any atom is -0.394 e. The van der Waals surface area contributed by atoms with Crippen molar-refractivity contribution in [1.29, 1.82) is 0 Å². The standard InChI is InChI=1S/C7H16O3/c1-6(4-8)10-5-7(2)9-3/h6-8H,4-5H2,1-3H3. The number of hydrogen-bond donors (Lipinski definition) is 1. The number of rotatable bonds is 5. The molecule has 0 aliphatic rings. The van der Waals surface area contributed by atoms with E-state index in [4.69, 9.17) is 14.6 Å². The van der Waals surface area contributed by atoms with Crippen LogP contribution in [0.5, 0.6) is 0 Å². The molecule has 2 atom stereocenters. The Balaban J connectivity index is 3.17. The highest BCUT2D eigenvalue weighted by atomic mass is 16.5. The Kier molecular flexibility index (Phi) is 5.58. The van der Waals surface area contributed by atoms with Gasteiger partial charge in [-0.25, -0.2) is 0 Å². The number of aliphatic hydroxyl groups excluding tert-OH is 1. The van der Waals surface area contributed by atoms with Gasteiger partial charge in [-0.2, -0.15) is 0 Å². The zero-order valence-electron chi connectivity index (χ0n) is 6.83. The van der Waals surface area contributed by atoms with E-state index in [1.165, 1.54) is 0 Å². The van der Waals surface area contributed by atoms with Gasteiger partial charge in [0.05, 0.1) is 25.4 Å². The highest BCUT2D eigenvalue weighted by Crippen LogP contribution is 1.93. The van der Waals surface area contributed by atoms with E-state index < -0.39 is 0 Å². The Morgan fingerprint density at radius 3 is 2.30 bits per heavy atom. The molecule has 0 amide bonds. The van der Waals surface area contributed by atoms with Crippen molar-refractivity contribution in [3.63, 3.8) is 0 Å². The fraction of sp³-hybridized carbons (Fsp3) is 1.00. The molecule has 0 rings (SSSR count). The van der Waals surface area contributed by atoms with Gasteiger partial charge in [-0.3, -0.25) is 0 Å². The van der Waals surface area contributed by atoms with Gasteiger partial charge in [-0.15, -0.1) is 0 Å². The third-order valence-corrected chi connectivity index (χ3v) is 1.27. The summed E-state index contributed by atoms with van der Waals surface area (Å²) in [5, 5.41) is 8.55. The average molecular weight is 148 g/mol. The van der Waals surface area contributed by atoms with Crippen molar-refractivity contribution in [2.45, 2.75) is 26.1 Å². The molecule has 0 bridgehead atoms. The van der Waals surface area contributed by atoms with E-state index in [0.717, 1.165) is 0 Å². The Morgan fingerprint density at radius 1 is 1.30 bits per heavy atom. The highest BCUT2D eigenvalue weighted by Gasteiger charge is 2.03. The minimum atomic E-state index is -0.0856. The quantitative estimate of drug-likeness (QED) is 0.614. The number of hydrogen-bond acceptors (Lipinski definition) is 3. The van der Waals surface area contributed by atoms with Gasteiger partial charge in [0.2, 0.25) is 0 Å². The minimum absolute atomic E-state index is 0.0659. The molecule has 0 saturated heterocycles. The molecule has 0 heterocycles. The second-order valence-corrected chi connectivity index (χ2v) is 2.37.